The second kappa shape index (κ2) is 11.9. The number of aliphatic hydroxyl groups is 1. The molecule has 1 heterocycles. The molecule has 37 heavy (non-hydrogen) atoms. The fraction of sp³-hybridized carbons (Fsp3) is 0.393. The summed E-state index contributed by atoms with van der Waals surface area (Å²) >= 11 is 0. The number of hydrogen-bond acceptors (Lipinski definition) is 7. The van der Waals surface area contributed by atoms with E-state index in [1.54, 1.807) is 42.5 Å². The quantitative estimate of drug-likeness (QED) is 0.271. The average Bonchev–Trinajstić information content (AvgIpc) is 3.10. The Hall–Kier alpha value is -3.85. The van der Waals surface area contributed by atoms with Gasteiger partial charge in [-0.2, -0.15) is 0 Å². The van der Waals surface area contributed by atoms with Crippen LogP contribution in [0.3, 0.4) is 0 Å². The summed E-state index contributed by atoms with van der Waals surface area (Å²) in [6, 6.07) is 11.1. The molecule has 9 heteroatoms. The topological polar surface area (TPSA) is 122 Å². The third-order valence-corrected chi connectivity index (χ3v) is 5.93. The number of ether oxygens (including phenoxy) is 2. The van der Waals surface area contributed by atoms with Gasteiger partial charge in [0.25, 0.3) is 17.6 Å². The van der Waals surface area contributed by atoms with Crippen molar-refractivity contribution in [3.63, 3.8) is 0 Å². The van der Waals surface area contributed by atoms with E-state index in [1.807, 2.05) is 25.9 Å². The lowest BCUT2D eigenvalue weighted by Crippen LogP contribution is -2.35. The minimum absolute atomic E-state index is 0.0183. The number of hydrogen-bond donors (Lipinski definition) is 2. The van der Waals surface area contributed by atoms with Crippen molar-refractivity contribution >= 4 is 23.4 Å². The van der Waals surface area contributed by atoms with Crippen molar-refractivity contribution in [1.82, 2.24) is 9.80 Å². The van der Waals surface area contributed by atoms with Gasteiger partial charge in [0.05, 0.1) is 18.2 Å². The first-order valence-corrected chi connectivity index (χ1v) is 12.2. The molecule has 2 aromatic carbocycles. The van der Waals surface area contributed by atoms with Gasteiger partial charge in [0, 0.05) is 18.7 Å². The molecule has 0 aromatic heterocycles. The minimum Gasteiger partial charge on any atom is -0.507 e. The maximum Gasteiger partial charge on any atom is 0.295 e. The van der Waals surface area contributed by atoms with Crippen LogP contribution >= 0.6 is 0 Å². The number of likely N-dealkylation sites (N-methyl/N-ethyl adjacent to an activating group) is 1. The van der Waals surface area contributed by atoms with Crippen LogP contribution in [0.25, 0.3) is 5.76 Å². The van der Waals surface area contributed by atoms with Crippen molar-refractivity contribution in [1.29, 1.82) is 0 Å². The van der Waals surface area contributed by atoms with Crippen LogP contribution in [0.15, 0.2) is 48.0 Å². The predicted octanol–water partition coefficient (Wildman–Crippen LogP) is 2.88. The number of amides is 2. The van der Waals surface area contributed by atoms with E-state index in [2.05, 4.69) is 13.8 Å². The predicted molar refractivity (Wildman–Crippen MR) is 140 cm³/mol. The van der Waals surface area contributed by atoms with Crippen LogP contribution in [-0.2, 0) is 14.4 Å². The summed E-state index contributed by atoms with van der Waals surface area (Å²) in [5.74, 6) is -0.789. The van der Waals surface area contributed by atoms with Gasteiger partial charge in [-0.1, -0.05) is 26.0 Å². The monoisotopic (exact) mass is 509 g/mol. The molecule has 0 saturated carbocycles. The lowest BCUT2D eigenvalue weighted by Gasteiger charge is -2.26. The molecule has 1 aliphatic heterocycles. The minimum atomic E-state index is -0.790. The van der Waals surface area contributed by atoms with E-state index in [0.717, 1.165) is 5.56 Å². The molecule has 3 N–H and O–H groups in total. The fourth-order valence-electron chi connectivity index (χ4n) is 4.04. The van der Waals surface area contributed by atoms with Crippen LogP contribution in [0, 0.1) is 12.8 Å². The van der Waals surface area contributed by atoms with Crippen LogP contribution in [0.5, 0.6) is 11.5 Å². The highest BCUT2D eigenvalue weighted by Crippen LogP contribution is 2.40. The Kier molecular flexibility index (Phi) is 8.94. The molecule has 9 nitrogen and oxygen atoms in total. The van der Waals surface area contributed by atoms with Gasteiger partial charge in [-0.3, -0.25) is 14.4 Å². The Morgan fingerprint density at radius 3 is 2.35 bits per heavy atom. The number of carbonyl (C=O) groups is 3. The van der Waals surface area contributed by atoms with E-state index < -0.39 is 23.6 Å². The molecule has 3 rings (SSSR count). The molecule has 1 atom stereocenters. The standard InChI is InChI=1S/C28H35N3O6/c1-17(2)15-37-22-11-8-20(14-18(22)3)26(33)24-25(31(13-12-30(4)5)28(35)27(24)34)19-6-9-21(10-7-19)36-16-23(29)32/h6-11,14,17,25,33H,12-13,15-16H2,1-5H3,(H2,29,32)/b26-24+. The first-order chi connectivity index (χ1) is 17.5. The molecule has 2 amide bonds. The third kappa shape index (κ3) is 6.68. The Labute approximate surface area is 217 Å². The molecule has 0 spiro atoms. The lowest BCUT2D eigenvalue weighted by molar-refractivity contribution is -0.140. The van der Waals surface area contributed by atoms with Crippen LogP contribution in [0.4, 0.5) is 0 Å². The van der Waals surface area contributed by atoms with Gasteiger partial charge < -0.3 is 30.1 Å². The Bertz CT molecular complexity index is 1190. The van der Waals surface area contributed by atoms with Gasteiger partial charge in [-0.15, -0.1) is 0 Å². The normalized spacial score (nSPS) is 17.1. The lowest BCUT2D eigenvalue weighted by atomic mass is 9.94. The van der Waals surface area contributed by atoms with Crippen LogP contribution in [0.2, 0.25) is 0 Å². The highest BCUT2D eigenvalue weighted by Gasteiger charge is 2.45. The van der Waals surface area contributed by atoms with E-state index in [4.69, 9.17) is 15.2 Å². The zero-order valence-electron chi connectivity index (χ0n) is 22.0. The summed E-state index contributed by atoms with van der Waals surface area (Å²) < 4.78 is 11.2. The maximum atomic E-state index is 13.2. The average molecular weight is 510 g/mol. The molecule has 1 fully saturated rings. The van der Waals surface area contributed by atoms with E-state index in [0.29, 0.717) is 48.2 Å². The maximum absolute atomic E-state index is 13.2. The van der Waals surface area contributed by atoms with E-state index in [9.17, 15) is 19.5 Å². The third-order valence-electron chi connectivity index (χ3n) is 5.93. The van der Waals surface area contributed by atoms with Gasteiger partial charge >= 0.3 is 0 Å². The van der Waals surface area contributed by atoms with Crippen LogP contribution in [-0.4, -0.2) is 72.9 Å². The molecule has 1 saturated heterocycles. The number of carbonyl (C=O) groups excluding carboxylic acids is 3. The van der Waals surface area contributed by atoms with Gasteiger partial charge in [0.1, 0.15) is 17.3 Å². The SMILES string of the molecule is Cc1cc(/C(O)=C2\C(=O)C(=O)N(CCN(C)C)C2c2ccc(OCC(N)=O)cc2)ccc1OCC(C)C. The summed E-state index contributed by atoms with van der Waals surface area (Å²) in [4.78, 5) is 40.7. The molecule has 0 radical (unpaired) electrons. The van der Waals surface area contributed by atoms with Crippen molar-refractivity contribution in [2.75, 3.05) is 40.4 Å². The second-order valence-electron chi connectivity index (χ2n) is 9.80. The number of aryl methyl sites for hydroxylation is 1. The summed E-state index contributed by atoms with van der Waals surface area (Å²) in [5.41, 5.74) is 7.01. The van der Waals surface area contributed by atoms with Gasteiger partial charge in [-0.05, 0) is 68.4 Å². The second-order valence-corrected chi connectivity index (χ2v) is 9.80. The molecule has 0 aliphatic carbocycles. The zero-order valence-corrected chi connectivity index (χ0v) is 22.0. The number of aliphatic hydroxyl groups excluding tert-OH is 1. The molecular formula is C28H35N3O6. The van der Waals surface area contributed by atoms with E-state index in [1.165, 1.54) is 4.90 Å². The molecule has 1 unspecified atom stereocenters. The van der Waals surface area contributed by atoms with Gasteiger partial charge in [0.15, 0.2) is 6.61 Å². The smallest absolute Gasteiger partial charge is 0.295 e. The van der Waals surface area contributed by atoms with Crippen molar-refractivity contribution in [2.24, 2.45) is 11.7 Å². The number of nitrogens with zero attached hydrogens (tertiary/aromatic N) is 2. The summed E-state index contributed by atoms with van der Waals surface area (Å²) in [7, 11) is 3.75. The molecular weight excluding hydrogens is 474 g/mol. The number of nitrogens with two attached hydrogens (primary N) is 1. The van der Waals surface area contributed by atoms with Crippen LogP contribution < -0.4 is 15.2 Å². The number of likely N-dealkylation sites (tertiary alicyclic amines) is 1. The fourth-order valence-corrected chi connectivity index (χ4v) is 4.04. The van der Waals surface area contributed by atoms with Crippen molar-refractivity contribution in [3.05, 3.63) is 64.7 Å². The Balaban J connectivity index is 2.03. The van der Waals surface area contributed by atoms with Crippen molar-refractivity contribution in [3.8, 4) is 11.5 Å². The first-order valence-electron chi connectivity index (χ1n) is 12.2. The van der Waals surface area contributed by atoms with Crippen molar-refractivity contribution in [2.45, 2.75) is 26.8 Å². The van der Waals surface area contributed by atoms with E-state index >= 15 is 0 Å². The number of primary amides is 1. The molecule has 1 aliphatic rings. The molecule has 198 valence electrons. The zero-order chi connectivity index (χ0) is 27.3. The molecule has 0 bridgehead atoms. The number of benzene rings is 2. The Morgan fingerprint density at radius 2 is 1.78 bits per heavy atom. The van der Waals surface area contributed by atoms with E-state index in [-0.39, 0.29) is 17.9 Å². The highest BCUT2D eigenvalue weighted by atomic mass is 16.5. The number of rotatable bonds is 11. The Morgan fingerprint density at radius 1 is 1.11 bits per heavy atom. The summed E-state index contributed by atoms with van der Waals surface area (Å²) in [5, 5.41) is 11.3. The van der Waals surface area contributed by atoms with Crippen LogP contribution in [0.1, 0.15) is 36.6 Å². The molecule has 2 aromatic rings. The summed E-state index contributed by atoms with van der Waals surface area (Å²) in [6.45, 7) is 7.09. The van der Waals surface area contributed by atoms with Crippen molar-refractivity contribution < 1.29 is 29.0 Å². The first kappa shape index (κ1) is 27.7. The summed E-state index contributed by atoms with van der Waals surface area (Å²) in [6.07, 6.45) is 0. The van der Waals surface area contributed by atoms with Gasteiger partial charge in [-0.25, -0.2) is 0 Å². The van der Waals surface area contributed by atoms with Gasteiger partial charge in [0.2, 0.25) is 0 Å². The number of ketones is 1. The highest BCUT2D eigenvalue weighted by molar-refractivity contribution is 6.46. The number of Topliss-reactive ketones (excluding diaryl/α,β-unsaturated/α-hetero) is 1. The largest absolute Gasteiger partial charge is 0.507 e.